The Kier molecular flexibility index (Phi) is 2.01. The zero-order valence-electron chi connectivity index (χ0n) is 7.74. The molecule has 5 nitrogen and oxygen atoms in total. The van der Waals surface area contributed by atoms with Crippen LogP contribution in [0.25, 0.3) is 11.1 Å². The first-order chi connectivity index (χ1) is 6.70. The predicted molar refractivity (Wildman–Crippen MR) is 52.8 cm³/mol. The number of hydrogen-bond acceptors (Lipinski definition) is 5. The SMILES string of the molecule is CNCc1nc2cc(O)c(N)cc2o1. The van der Waals surface area contributed by atoms with Crippen LogP contribution in [0, 0.1) is 0 Å². The summed E-state index contributed by atoms with van der Waals surface area (Å²) in [7, 11) is 1.81. The summed E-state index contributed by atoms with van der Waals surface area (Å²) in [4.78, 5) is 4.16. The number of nitrogens with zero attached hydrogens (tertiary/aromatic N) is 1. The van der Waals surface area contributed by atoms with Crippen molar-refractivity contribution in [2.45, 2.75) is 6.54 Å². The number of phenolic OH excluding ortho intramolecular Hbond substituents is 1. The first-order valence-corrected chi connectivity index (χ1v) is 4.23. The summed E-state index contributed by atoms with van der Waals surface area (Å²) in [5.41, 5.74) is 7.01. The van der Waals surface area contributed by atoms with Crippen LogP contribution in [0.15, 0.2) is 16.5 Å². The molecule has 0 amide bonds. The van der Waals surface area contributed by atoms with Gasteiger partial charge in [-0.1, -0.05) is 0 Å². The first-order valence-electron chi connectivity index (χ1n) is 4.23. The monoisotopic (exact) mass is 193 g/mol. The van der Waals surface area contributed by atoms with Crippen LogP contribution in [-0.2, 0) is 6.54 Å². The molecule has 0 radical (unpaired) electrons. The summed E-state index contributed by atoms with van der Waals surface area (Å²) in [5.74, 6) is 0.606. The van der Waals surface area contributed by atoms with Crippen LogP contribution >= 0.6 is 0 Å². The second-order valence-corrected chi connectivity index (χ2v) is 3.02. The summed E-state index contributed by atoms with van der Waals surface area (Å²) < 4.78 is 5.38. The topological polar surface area (TPSA) is 84.3 Å². The zero-order valence-corrected chi connectivity index (χ0v) is 7.74. The molecule has 0 aliphatic rings. The van der Waals surface area contributed by atoms with Crippen molar-refractivity contribution in [3.8, 4) is 5.75 Å². The fraction of sp³-hybridized carbons (Fsp3) is 0.222. The molecule has 2 aromatic rings. The van der Waals surface area contributed by atoms with Gasteiger partial charge in [-0.05, 0) is 7.05 Å². The predicted octanol–water partition coefficient (Wildman–Crippen LogP) is 0.835. The number of nitrogens with one attached hydrogen (secondary N) is 1. The average molecular weight is 193 g/mol. The van der Waals surface area contributed by atoms with Gasteiger partial charge in [-0.15, -0.1) is 0 Å². The minimum absolute atomic E-state index is 0.0295. The largest absolute Gasteiger partial charge is 0.506 e. The Morgan fingerprint density at radius 1 is 1.57 bits per heavy atom. The van der Waals surface area contributed by atoms with E-state index in [1.807, 2.05) is 0 Å². The quantitative estimate of drug-likeness (QED) is 0.486. The molecule has 0 aliphatic heterocycles. The van der Waals surface area contributed by atoms with Crippen LogP contribution in [0.3, 0.4) is 0 Å². The van der Waals surface area contributed by atoms with E-state index < -0.39 is 0 Å². The number of nitrogen functional groups attached to an aromatic ring is 1. The molecule has 0 atom stereocenters. The summed E-state index contributed by atoms with van der Waals surface area (Å²) in [6.45, 7) is 0.551. The van der Waals surface area contributed by atoms with E-state index in [9.17, 15) is 5.11 Å². The first kappa shape index (κ1) is 8.83. The molecular formula is C9H11N3O2. The van der Waals surface area contributed by atoms with Crippen molar-refractivity contribution in [3.63, 3.8) is 0 Å². The molecule has 2 rings (SSSR count). The number of hydrogen-bond donors (Lipinski definition) is 3. The van der Waals surface area contributed by atoms with Gasteiger partial charge in [0.05, 0.1) is 12.2 Å². The van der Waals surface area contributed by atoms with Gasteiger partial charge in [-0.25, -0.2) is 4.98 Å². The van der Waals surface area contributed by atoms with Crippen molar-refractivity contribution >= 4 is 16.8 Å². The second kappa shape index (κ2) is 3.19. The number of oxazole rings is 1. The lowest BCUT2D eigenvalue weighted by Gasteiger charge is -1.95. The van der Waals surface area contributed by atoms with E-state index in [2.05, 4.69) is 10.3 Å². The molecule has 0 saturated heterocycles. The summed E-state index contributed by atoms with van der Waals surface area (Å²) in [5, 5.41) is 12.3. The Labute approximate surface area is 80.5 Å². The number of nitrogens with two attached hydrogens (primary N) is 1. The minimum Gasteiger partial charge on any atom is -0.506 e. The molecule has 0 aliphatic carbocycles. The molecule has 1 aromatic heterocycles. The molecule has 14 heavy (non-hydrogen) atoms. The van der Waals surface area contributed by atoms with Crippen molar-refractivity contribution in [1.82, 2.24) is 10.3 Å². The maximum Gasteiger partial charge on any atom is 0.209 e. The van der Waals surface area contributed by atoms with Crippen LogP contribution in [0.1, 0.15) is 5.89 Å². The highest BCUT2D eigenvalue weighted by Gasteiger charge is 2.07. The maximum atomic E-state index is 9.33. The molecule has 0 unspecified atom stereocenters. The van der Waals surface area contributed by atoms with Crippen LogP contribution in [0.5, 0.6) is 5.75 Å². The Bertz CT molecular complexity index is 425. The summed E-state index contributed by atoms with van der Waals surface area (Å²) >= 11 is 0. The standard InChI is InChI=1S/C9H11N3O2/c1-11-4-9-12-6-3-7(13)5(10)2-8(6)14-9/h2-3,11,13H,4,10H2,1H3. The fourth-order valence-electron chi connectivity index (χ4n) is 1.25. The van der Waals surface area contributed by atoms with Gasteiger partial charge in [0.15, 0.2) is 5.58 Å². The number of fused-ring (bicyclic) bond motifs is 1. The smallest absolute Gasteiger partial charge is 0.209 e. The van der Waals surface area contributed by atoms with Gasteiger partial charge < -0.3 is 20.6 Å². The van der Waals surface area contributed by atoms with E-state index in [0.29, 0.717) is 29.2 Å². The van der Waals surface area contributed by atoms with Crippen molar-refractivity contribution in [1.29, 1.82) is 0 Å². The molecule has 0 bridgehead atoms. The van der Waals surface area contributed by atoms with Gasteiger partial charge in [0.25, 0.3) is 0 Å². The van der Waals surface area contributed by atoms with E-state index in [1.165, 1.54) is 6.07 Å². The second-order valence-electron chi connectivity index (χ2n) is 3.02. The highest BCUT2D eigenvalue weighted by Crippen LogP contribution is 2.26. The third-order valence-corrected chi connectivity index (χ3v) is 1.91. The Morgan fingerprint density at radius 2 is 2.36 bits per heavy atom. The maximum absolute atomic E-state index is 9.33. The van der Waals surface area contributed by atoms with Crippen LogP contribution in [0.2, 0.25) is 0 Å². The van der Waals surface area contributed by atoms with Gasteiger partial charge in [0, 0.05) is 12.1 Å². The molecule has 74 valence electrons. The third-order valence-electron chi connectivity index (χ3n) is 1.91. The lowest BCUT2D eigenvalue weighted by Crippen LogP contribution is -2.04. The van der Waals surface area contributed by atoms with Crippen molar-refractivity contribution in [2.24, 2.45) is 0 Å². The molecule has 1 heterocycles. The van der Waals surface area contributed by atoms with Crippen LogP contribution in [0.4, 0.5) is 5.69 Å². The highest BCUT2D eigenvalue weighted by molar-refractivity contribution is 5.80. The molecule has 5 heteroatoms. The Balaban J connectivity index is 2.54. The van der Waals surface area contributed by atoms with Gasteiger partial charge in [-0.3, -0.25) is 0 Å². The molecule has 0 spiro atoms. The minimum atomic E-state index is 0.0295. The number of anilines is 1. The number of aromatic hydroxyl groups is 1. The van der Waals surface area contributed by atoms with E-state index in [1.54, 1.807) is 13.1 Å². The van der Waals surface area contributed by atoms with E-state index >= 15 is 0 Å². The van der Waals surface area contributed by atoms with E-state index in [-0.39, 0.29) is 5.75 Å². The van der Waals surface area contributed by atoms with Gasteiger partial charge in [0.1, 0.15) is 11.3 Å². The summed E-state index contributed by atoms with van der Waals surface area (Å²) in [6.07, 6.45) is 0. The highest BCUT2D eigenvalue weighted by atomic mass is 16.3. The van der Waals surface area contributed by atoms with Gasteiger partial charge >= 0.3 is 0 Å². The van der Waals surface area contributed by atoms with E-state index in [0.717, 1.165) is 0 Å². The Hall–Kier alpha value is -1.75. The van der Waals surface area contributed by atoms with Crippen molar-refractivity contribution in [2.75, 3.05) is 12.8 Å². The normalized spacial score (nSPS) is 10.9. The number of rotatable bonds is 2. The van der Waals surface area contributed by atoms with Gasteiger partial charge in [-0.2, -0.15) is 0 Å². The van der Waals surface area contributed by atoms with Crippen LogP contribution < -0.4 is 11.1 Å². The summed E-state index contributed by atoms with van der Waals surface area (Å²) in [6, 6.07) is 3.06. The van der Waals surface area contributed by atoms with Crippen molar-refractivity contribution in [3.05, 3.63) is 18.0 Å². The van der Waals surface area contributed by atoms with Crippen LogP contribution in [-0.4, -0.2) is 17.1 Å². The molecule has 0 saturated carbocycles. The lowest BCUT2D eigenvalue weighted by atomic mass is 10.3. The van der Waals surface area contributed by atoms with E-state index in [4.69, 9.17) is 10.2 Å². The number of phenols is 1. The third kappa shape index (κ3) is 1.38. The molecule has 1 aromatic carbocycles. The van der Waals surface area contributed by atoms with Gasteiger partial charge in [0.2, 0.25) is 5.89 Å². The number of aromatic nitrogens is 1. The molecule has 0 fully saturated rings. The molecular weight excluding hydrogens is 182 g/mol. The zero-order chi connectivity index (χ0) is 10.1. The fourth-order valence-corrected chi connectivity index (χ4v) is 1.25. The van der Waals surface area contributed by atoms with Crippen molar-refractivity contribution < 1.29 is 9.52 Å². The molecule has 4 N–H and O–H groups in total. The Morgan fingerprint density at radius 3 is 3.07 bits per heavy atom. The lowest BCUT2D eigenvalue weighted by molar-refractivity contribution is 0.478. The number of benzene rings is 1. The average Bonchev–Trinajstić information content (AvgIpc) is 2.48.